The van der Waals surface area contributed by atoms with Crippen LogP contribution >= 0.6 is 0 Å². The Morgan fingerprint density at radius 3 is 2.52 bits per heavy atom. The van der Waals surface area contributed by atoms with Crippen LogP contribution in [0.3, 0.4) is 0 Å². The molecule has 0 atom stereocenters. The fourth-order valence-corrected chi connectivity index (χ4v) is 3.51. The maximum Gasteiger partial charge on any atom is 0.216 e. The number of rotatable bonds is 5. The highest BCUT2D eigenvalue weighted by Gasteiger charge is 2.16. The van der Waals surface area contributed by atoms with Crippen LogP contribution in [0, 0.1) is 13.8 Å². The number of aryl methyl sites for hydroxylation is 2. The predicted molar refractivity (Wildman–Crippen MR) is 117 cm³/mol. The van der Waals surface area contributed by atoms with Crippen LogP contribution in [0.4, 0.5) is 0 Å². The number of nitrogens with zero attached hydrogens (tertiary/aromatic N) is 2. The van der Waals surface area contributed by atoms with Crippen molar-refractivity contribution in [3.8, 4) is 22.5 Å². The number of benzene rings is 2. The molecular formula is C24H26N4O. The second kappa shape index (κ2) is 7.95. The highest BCUT2D eigenvalue weighted by molar-refractivity contribution is 5.72. The monoisotopic (exact) mass is 386 g/mol. The molecule has 0 radical (unpaired) electrons. The minimum Gasteiger partial charge on any atom is -0.370 e. The number of aromatic amines is 1. The number of carbonyl (C=O) groups is 1. The van der Waals surface area contributed by atoms with Gasteiger partial charge in [-0.2, -0.15) is 0 Å². The van der Waals surface area contributed by atoms with Crippen LogP contribution in [-0.4, -0.2) is 33.9 Å². The summed E-state index contributed by atoms with van der Waals surface area (Å²) in [6, 6.07) is 15.1. The van der Waals surface area contributed by atoms with Crippen molar-refractivity contribution in [2.24, 2.45) is 0 Å². The molecule has 1 aliphatic heterocycles. The summed E-state index contributed by atoms with van der Waals surface area (Å²) >= 11 is 0. The predicted octanol–water partition coefficient (Wildman–Crippen LogP) is 4.28. The van der Waals surface area contributed by atoms with E-state index in [0.717, 1.165) is 35.9 Å². The molecule has 5 heteroatoms. The van der Waals surface area contributed by atoms with E-state index >= 15 is 0 Å². The lowest BCUT2D eigenvalue weighted by Crippen LogP contribution is -2.31. The number of hydrogen-bond donors (Lipinski definition) is 2. The maximum absolute atomic E-state index is 11.0. The fourth-order valence-electron chi connectivity index (χ4n) is 3.51. The lowest BCUT2D eigenvalue weighted by Gasteiger charge is -2.22. The first-order valence-electron chi connectivity index (χ1n) is 9.93. The molecule has 2 heterocycles. The quantitative estimate of drug-likeness (QED) is 0.688. The third kappa shape index (κ3) is 4.24. The first-order chi connectivity index (χ1) is 14.0. The van der Waals surface area contributed by atoms with Crippen LogP contribution in [0.1, 0.15) is 29.4 Å². The number of amides is 1. The second-order valence-electron chi connectivity index (χ2n) is 7.59. The van der Waals surface area contributed by atoms with E-state index in [-0.39, 0.29) is 5.91 Å². The highest BCUT2D eigenvalue weighted by Crippen LogP contribution is 2.27. The van der Waals surface area contributed by atoms with E-state index in [1.54, 1.807) is 0 Å². The third-order valence-corrected chi connectivity index (χ3v) is 5.39. The summed E-state index contributed by atoms with van der Waals surface area (Å²) in [6.45, 7) is 7.95. The van der Waals surface area contributed by atoms with Crippen molar-refractivity contribution in [1.29, 1.82) is 0 Å². The summed E-state index contributed by atoms with van der Waals surface area (Å²) in [5.74, 6) is 0.882. The summed E-state index contributed by atoms with van der Waals surface area (Å²) in [4.78, 5) is 21.4. The van der Waals surface area contributed by atoms with E-state index < -0.39 is 0 Å². The second-order valence-corrected chi connectivity index (χ2v) is 7.59. The average Bonchev–Trinajstić information content (AvgIpc) is 3.13. The van der Waals surface area contributed by atoms with Crippen molar-refractivity contribution >= 4 is 12.0 Å². The summed E-state index contributed by atoms with van der Waals surface area (Å²) in [5.41, 5.74) is 8.21. The number of aromatic nitrogens is 2. The normalized spacial score (nSPS) is 12.7. The van der Waals surface area contributed by atoms with E-state index in [0.29, 0.717) is 6.54 Å². The molecule has 0 spiro atoms. The van der Waals surface area contributed by atoms with Crippen molar-refractivity contribution in [3.63, 3.8) is 0 Å². The third-order valence-electron chi connectivity index (χ3n) is 5.39. The van der Waals surface area contributed by atoms with Gasteiger partial charge < -0.3 is 15.2 Å². The van der Waals surface area contributed by atoms with Crippen molar-refractivity contribution in [3.05, 3.63) is 71.2 Å². The van der Waals surface area contributed by atoms with Gasteiger partial charge in [0.1, 0.15) is 5.82 Å². The molecular weight excluding hydrogens is 360 g/mol. The lowest BCUT2D eigenvalue weighted by molar-refractivity contribution is -0.118. The zero-order valence-corrected chi connectivity index (χ0v) is 17.1. The van der Waals surface area contributed by atoms with Gasteiger partial charge in [0.25, 0.3) is 0 Å². The molecule has 4 rings (SSSR count). The van der Waals surface area contributed by atoms with Gasteiger partial charge in [0.15, 0.2) is 0 Å². The van der Waals surface area contributed by atoms with Crippen LogP contribution < -0.4 is 5.32 Å². The van der Waals surface area contributed by atoms with E-state index in [1.165, 1.54) is 29.2 Å². The smallest absolute Gasteiger partial charge is 0.216 e. The minimum absolute atomic E-state index is 0.00187. The molecule has 0 saturated carbocycles. The molecule has 0 fully saturated rings. The van der Waals surface area contributed by atoms with Crippen LogP contribution in [0.15, 0.2) is 48.7 Å². The van der Waals surface area contributed by atoms with Crippen molar-refractivity contribution < 1.29 is 4.79 Å². The SMILES string of the molecule is CC(=O)NCCN1C=Cc2[nH]c(-c3ccc(-c4ccc(C)c(C)c4)cc3)nc2C1. The Morgan fingerprint density at radius 2 is 1.79 bits per heavy atom. The number of fused-ring (bicyclic) bond motifs is 1. The average molecular weight is 386 g/mol. The molecule has 1 aromatic heterocycles. The van der Waals surface area contributed by atoms with Crippen LogP contribution in [-0.2, 0) is 11.3 Å². The summed E-state index contributed by atoms with van der Waals surface area (Å²) in [5, 5.41) is 2.83. The van der Waals surface area contributed by atoms with Gasteiger partial charge in [0.05, 0.1) is 17.9 Å². The van der Waals surface area contributed by atoms with Crippen molar-refractivity contribution in [2.45, 2.75) is 27.3 Å². The van der Waals surface area contributed by atoms with Gasteiger partial charge in [-0.3, -0.25) is 4.79 Å². The molecule has 3 aromatic rings. The van der Waals surface area contributed by atoms with Gasteiger partial charge in [-0.05, 0) is 42.2 Å². The van der Waals surface area contributed by atoms with Gasteiger partial charge in [-0.25, -0.2) is 4.98 Å². The molecule has 2 N–H and O–H groups in total. The standard InChI is InChI=1S/C24H26N4O/c1-16-4-5-21(14-17(16)2)19-6-8-20(9-7-19)24-26-22-10-12-28(15-23(22)27-24)13-11-25-18(3)29/h4-10,12,14H,11,13,15H2,1-3H3,(H,25,29)(H,26,27). The molecule has 0 aliphatic carbocycles. The van der Waals surface area contributed by atoms with Gasteiger partial charge in [0.2, 0.25) is 5.91 Å². The Hall–Kier alpha value is -3.34. The fraction of sp³-hybridized carbons (Fsp3) is 0.250. The zero-order chi connectivity index (χ0) is 20.4. The lowest BCUT2D eigenvalue weighted by atomic mass is 9.99. The first-order valence-corrected chi connectivity index (χ1v) is 9.93. The molecule has 148 valence electrons. The number of nitrogens with one attached hydrogen (secondary N) is 2. The number of carbonyl (C=O) groups excluding carboxylic acids is 1. The molecule has 0 unspecified atom stereocenters. The van der Waals surface area contributed by atoms with Crippen molar-refractivity contribution in [2.75, 3.05) is 13.1 Å². The van der Waals surface area contributed by atoms with Crippen LogP contribution in [0.25, 0.3) is 28.6 Å². The van der Waals surface area contributed by atoms with E-state index in [4.69, 9.17) is 4.98 Å². The largest absolute Gasteiger partial charge is 0.370 e. The van der Waals surface area contributed by atoms with Crippen LogP contribution in [0.5, 0.6) is 0 Å². The Labute approximate surface area is 171 Å². The summed E-state index contributed by atoms with van der Waals surface area (Å²) in [6.07, 6.45) is 4.10. The molecule has 1 aliphatic rings. The molecule has 0 bridgehead atoms. The van der Waals surface area contributed by atoms with Crippen LogP contribution in [0.2, 0.25) is 0 Å². The van der Waals surface area contributed by atoms with E-state index in [1.807, 2.05) is 6.08 Å². The molecule has 0 saturated heterocycles. The first kappa shape index (κ1) is 19.0. The van der Waals surface area contributed by atoms with E-state index in [2.05, 4.69) is 77.7 Å². The number of hydrogen-bond acceptors (Lipinski definition) is 3. The topological polar surface area (TPSA) is 61.0 Å². The van der Waals surface area contributed by atoms with Gasteiger partial charge in [-0.15, -0.1) is 0 Å². The number of H-pyrrole nitrogens is 1. The molecule has 2 aromatic carbocycles. The molecule has 5 nitrogen and oxygen atoms in total. The zero-order valence-electron chi connectivity index (χ0n) is 17.1. The Bertz CT molecular complexity index is 1060. The minimum atomic E-state index is -0.00187. The number of imidazole rings is 1. The Kier molecular flexibility index (Phi) is 5.21. The van der Waals surface area contributed by atoms with E-state index in [9.17, 15) is 4.79 Å². The Morgan fingerprint density at radius 1 is 1.07 bits per heavy atom. The maximum atomic E-state index is 11.0. The van der Waals surface area contributed by atoms with Crippen molar-refractivity contribution in [1.82, 2.24) is 20.2 Å². The molecule has 1 amide bonds. The Balaban J connectivity index is 1.48. The van der Waals surface area contributed by atoms with Gasteiger partial charge >= 0.3 is 0 Å². The highest BCUT2D eigenvalue weighted by atomic mass is 16.1. The molecule has 29 heavy (non-hydrogen) atoms. The van der Waals surface area contributed by atoms with Gasteiger partial charge in [-0.1, -0.05) is 42.5 Å². The summed E-state index contributed by atoms with van der Waals surface area (Å²) in [7, 11) is 0. The van der Waals surface area contributed by atoms with Gasteiger partial charge in [0, 0.05) is 31.8 Å². The summed E-state index contributed by atoms with van der Waals surface area (Å²) < 4.78 is 0.